The van der Waals surface area contributed by atoms with Gasteiger partial charge in [-0.3, -0.25) is 18.0 Å². The summed E-state index contributed by atoms with van der Waals surface area (Å²) in [4.78, 5) is 25.6. The Hall–Kier alpha value is 1.41. The number of ether oxygens (including phenoxy) is 3. The molecule has 0 radical (unpaired) electrons. The summed E-state index contributed by atoms with van der Waals surface area (Å²) in [5.41, 5.74) is -0.359. The van der Waals surface area contributed by atoms with Crippen LogP contribution in [0.4, 0.5) is 0 Å². The van der Waals surface area contributed by atoms with Crippen molar-refractivity contribution in [3.05, 3.63) is 12.2 Å². The maximum absolute atomic E-state index is 12.9. The van der Waals surface area contributed by atoms with Gasteiger partial charge in [0.25, 0.3) is 0 Å². The summed E-state index contributed by atoms with van der Waals surface area (Å²) in [6.07, 6.45) is -8.49. The van der Waals surface area contributed by atoms with Crippen molar-refractivity contribution >= 4 is 32.7 Å². The number of esters is 1. The topological polar surface area (TPSA) is 350 Å². The Morgan fingerprint density at radius 2 is 1.57 bits per heavy atom. The number of aliphatic carboxylic acids is 1. The number of fused-ring (bicyclic) bond motifs is 3. The predicted octanol–water partition coefficient (Wildman–Crippen LogP) is -7.48. The Morgan fingerprint density at radius 3 is 2.09 bits per heavy atom. The van der Waals surface area contributed by atoms with E-state index in [1.165, 1.54) is 0 Å². The molecule has 13 atom stereocenters. The van der Waals surface area contributed by atoms with Crippen molar-refractivity contribution in [3.8, 4) is 0 Å². The van der Waals surface area contributed by atoms with Gasteiger partial charge >= 0.3 is 115 Å². The van der Waals surface area contributed by atoms with E-state index < -0.39 is 99.0 Å². The second-order valence-corrected chi connectivity index (χ2v) is 16.8. The molecule has 5 rings (SSSR count). The van der Waals surface area contributed by atoms with Crippen LogP contribution in [-0.2, 0) is 53.0 Å². The third kappa shape index (κ3) is 11.6. The Kier molecular flexibility index (Phi) is 21.1. The summed E-state index contributed by atoms with van der Waals surface area (Å²) in [5, 5.41) is 31.9. The molecule has 4 saturated carbocycles. The van der Waals surface area contributed by atoms with E-state index in [9.17, 15) is 50.8 Å². The van der Waals surface area contributed by atoms with Crippen LogP contribution in [0, 0.1) is 40.4 Å². The Bertz CT molecular complexity index is 1500. The number of aliphatic hydroxyl groups is 2. The minimum Gasteiger partial charge on any atom is -0.726 e. The van der Waals surface area contributed by atoms with Gasteiger partial charge in [-0.05, 0) is 79.6 Å². The SMILES string of the molecule is C=C1[C@H]2CC[C@H]3[C@]4(C)C[C@H](O[C@@H]5O[C@H](CO)[C@@H](OS(=O)(=O)[O-])[C@H](OS(=O)(=O)[O-])[C@H]5OC(=O)CC(C)C)C[C@@H](C(=O)O)[C@H]4CC[C@]3(C2)[C@H]1O.O.O.O.[K+].[K+]. The smallest absolute Gasteiger partial charge is 0.726 e. The van der Waals surface area contributed by atoms with E-state index in [0.29, 0.717) is 12.8 Å². The molecule has 2 bridgehead atoms. The summed E-state index contributed by atoms with van der Waals surface area (Å²) >= 11 is 0. The minimum atomic E-state index is -5.69. The van der Waals surface area contributed by atoms with Crippen molar-refractivity contribution in [3.63, 3.8) is 0 Å². The second-order valence-electron chi connectivity index (χ2n) is 14.8. The Balaban J connectivity index is 0.00000541. The molecule has 0 aromatic rings. The number of carbonyl (C=O) groups excluding carboxylic acids is 1. The van der Waals surface area contributed by atoms with Crippen molar-refractivity contribution in [2.24, 2.45) is 40.4 Å². The second kappa shape index (κ2) is 20.6. The summed E-state index contributed by atoms with van der Waals surface area (Å²) < 4.78 is 96.9. The van der Waals surface area contributed by atoms with Gasteiger partial charge in [-0.1, -0.05) is 27.4 Å². The molecule has 0 aromatic heterocycles. The van der Waals surface area contributed by atoms with E-state index in [1.54, 1.807) is 13.8 Å². The molecule has 23 heteroatoms. The first-order valence-electron chi connectivity index (χ1n) is 16.2. The average Bonchev–Trinajstić information content (AvgIpc) is 3.12. The third-order valence-corrected chi connectivity index (χ3v) is 12.4. The minimum absolute atomic E-state index is 0. The van der Waals surface area contributed by atoms with Crippen LogP contribution < -0.4 is 103 Å². The molecule has 5 fully saturated rings. The third-order valence-electron chi connectivity index (χ3n) is 11.5. The molecule has 0 unspecified atom stereocenters. The fourth-order valence-corrected chi connectivity index (χ4v) is 10.8. The first-order chi connectivity index (χ1) is 22.2. The van der Waals surface area contributed by atoms with Gasteiger partial charge in [-0.2, -0.15) is 0 Å². The first kappa shape index (κ1) is 54.4. The molecule has 298 valence electrons. The van der Waals surface area contributed by atoms with Crippen molar-refractivity contribution < 1.29 is 193 Å². The zero-order valence-corrected chi connectivity index (χ0v) is 38.3. The molecule has 4 aliphatic carbocycles. The molecule has 1 heterocycles. The number of rotatable bonds is 11. The van der Waals surface area contributed by atoms with Gasteiger partial charge in [-0.25, -0.2) is 16.8 Å². The van der Waals surface area contributed by atoms with Crippen molar-refractivity contribution in [1.82, 2.24) is 0 Å². The van der Waals surface area contributed by atoms with E-state index in [-0.39, 0.29) is 162 Å². The van der Waals surface area contributed by atoms with E-state index in [2.05, 4.69) is 14.9 Å². The molecule has 0 amide bonds. The van der Waals surface area contributed by atoms with Gasteiger partial charge < -0.3 is 55.1 Å². The van der Waals surface area contributed by atoms with Crippen molar-refractivity contribution in [1.29, 1.82) is 0 Å². The average molecular weight is 857 g/mol. The van der Waals surface area contributed by atoms with Gasteiger partial charge in [0, 0.05) is 11.8 Å². The molecule has 19 nitrogen and oxygen atoms in total. The van der Waals surface area contributed by atoms with Crippen LogP contribution in [-0.4, -0.2) is 119 Å². The number of aliphatic hydroxyl groups excluding tert-OH is 2. The fraction of sp³-hybridized carbons (Fsp3) is 0.867. The summed E-state index contributed by atoms with van der Waals surface area (Å²) in [7, 11) is -11.3. The Labute approximate surface area is 394 Å². The Morgan fingerprint density at radius 1 is 0.981 bits per heavy atom. The predicted molar refractivity (Wildman–Crippen MR) is 170 cm³/mol. The normalized spacial score (nSPS) is 38.9. The van der Waals surface area contributed by atoms with E-state index in [0.717, 1.165) is 24.8 Å². The van der Waals surface area contributed by atoms with Gasteiger partial charge in [0.1, 0.15) is 18.3 Å². The van der Waals surface area contributed by atoms with Crippen LogP contribution >= 0.6 is 0 Å². The van der Waals surface area contributed by atoms with Gasteiger partial charge in [0.2, 0.25) is 20.8 Å². The van der Waals surface area contributed by atoms with Gasteiger partial charge in [-0.15, -0.1) is 0 Å². The first-order valence-corrected chi connectivity index (χ1v) is 18.8. The van der Waals surface area contributed by atoms with Crippen molar-refractivity contribution in [2.75, 3.05) is 6.61 Å². The number of hydrogen-bond donors (Lipinski definition) is 3. The van der Waals surface area contributed by atoms with Gasteiger partial charge in [0.15, 0.2) is 12.4 Å². The molecule has 0 aromatic carbocycles. The summed E-state index contributed by atoms with van der Waals surface area (Å²) in [5.74, 6) is -3.38. The van der Waals surface area contributed by atoms with E-state index >= 15 is 0 Å². The molecule has 5 aliphatic rings. The maximum Gasteiger partial charge on any atom is 1.00 e. The van der Waals surface area contributed by atoms with Crippen molar-refractivity contribution in [2.45, 2.75) is 115 Å². The zero-order valence-electron chi connectivity index (χ0n) is 30.5. The van der Waals surface area contributed by atoms with Crippen LogP contribution in [0.25, 0.3) is 0 Å². The standard InChI is InChI=1S/C30H46O16S2.2K.3H2O/c1-14(2)9-22(32)44-25-24(46-48(39,40)41)23(45-47(36,37)38)20(13-31)43-28(25)42-17-10-18(27(34)35)19-7-8-30-11-16(15(3)26(30)33)5-6-21(30)29(19,4)12-17;;;;;/h14,16-21,23-26,28,31,33H,3,5-13H2,1-2,4H3,(H,34,35)(H,36,37,38)(H,39,40,41);;;3*1H2/q;2*+1;;;/p-2/t16-,17+,18+,19+,20+,21-,23+,24-,25+,26-,28+,29+,30+;;;;;/m0...../s1. The number of carbonyl (C=O) groups is 2. The van der Waals surface area contributed by atoms with Crippen LogP contribution in [0.15, 0.2) is 12.2 Å². The van der Waals surface area contributed by atoms with Gasteiger partial charge in [0.05, 0.1) is 24.7 Å². The van der Waals surface area contributed by atoms with E-state index in [1.807, 2.05) is 6.92 Å². The number of hydrogen-bond acceptors (Lipinski definition) is 15. The van der Waals surface area contributed by atoms with Crippen LogP contribution in [0.1, 0.15) is 72.1 Å². The summed E-state index contributed by atoms with van der Waals surface area (Å²) in [6.45, 7) is 8.41. The molecule has 9 N–H and O–H groups in total. The van der Waals surface area contributed by atoms with E-state index in [4.69, 9.17) is 14.2 Å². The molecule has 1 spiro atoms. The van der Waals surface area contributed by atoms with Crippen LogP contribution in [0.5, 0.6) is 0 Å². The molecular weight excluding hydrogens is 807 g/mol. The largest absolute Gasteiger partial charge is 1.00 e. The zero-order chi connectivity index (χ0) is 35.6. The molecule has 1 saturated heterocycles. The summed E-state index contributed by atoms with van der Waals surface area (Å²) in [6, 6.07) is 0. The molecule has 53 heavy (non-hydrogen) atoms. The molecular formula is C30H50K2O19S2. The monoisotopic (exact) mass is 856 g/mol. The number of carboxylic acids is 1. The maximum atomic E-state index is 12.9. The van der Waals surface area contributed by atoms with Crippen LogP contribution in [0.2, 0.25) is 0 Å². The molecule has 1 aliphatic heterocycles. The fourth-order valence-electron chi connectivity index (χ4n) is 9.81. The number of carboxylic acid groups (broad SMARTS) is 1. The quantitative estimate of drug-likeness (QED) is 0.0434. The van der Waals surface area contributed by atoms with Crippen LogP contribution in [0.3, 0.4) is 0 Å².